The van der Waals surface area contributed by atoms with Gasteiger partial charge < -0.3 is 25.3 Å². The standard InChI is InChI=1S/C24H27ClN4O4/c1-24(2)15-10-29(23(33)18-9-14-16(25)4-3-5-17(14)28-18)20(19(15)24)22(32)27-13(11-30)8-12-6-7-26-21(12)31/h3-5,9,11-13,15,19-20,28H,6-8,10H2,1-2H3,(H,26,31)(H,27,32)/t12-,13-,15-,19-,20-/m0/s1. The molecule has 2 aliphatic heterocycles. The summed E-state index contributed by atoms with van der Waals surface area (Å²) in [5.41, 5.74) is 1.09. The number of fused-ring (bicyclic) bond motifs is 2. The molecule has 3 fully saturated rings. The molecule has 3 N–H and O–H groups in total. The van der Waals surface area contributed by atoms with Crippen LogP contribution in [0, 0.1) is 23.2 Å². The Morgan fingerprint density at radius 1 is 1.36 bits per heavy atom. The third-order valence-electron chi connectivity index (χ3n) is 7.77. The largest absolute Gasteiger partial charge is 0.356 e. The SMILES string of the molecule is CC1(C)[C@@H]2[C@@H](C(=O)N[C@H](C=O)C[C@@H]3CCNC3=O)N(C(=O)c3cc4c(Cl)cccc4[nH]3)C[C@@H]21. The van der Waals surface area contributed by atoms with Gasteiger partial charge in [0.25, 0.3) is 5.91 Å². The molecule has 5 rings (SSSR count). The van der Waals surface area contributed by atoms with Gasteiger partial charge in [-0.25, -0.2) is 0 Å². The second-order valence-corrected chi connectivity index (χ2v) is 10.4. The summed E-state index contributed by atoms with van der Waals surface area (Å²) < 4.78 is 0. The van der Waals surface area contributed by atoms with Crippen molar-refractivity contribution in [3.63, 3.8) is 0 Å². The lowest BCUT2D eigenvalue weighted by molar-refractivity contribution is -0.129. The first kappa shape index (κ1) is 21.9. The van der Waals surface area contributed by atoms with Crippen LogP contribution in [0.5, 0.6) is 0 Å². The molecule has 1 aliphatic carbocycles. The highest BCUT2D eigenvalue weighted by Crippen LogP contribution is 2.65. The van der Waals surface area contributed by atoms with E-state index in [4.69, 9.17) is 11.6 Å². The molecule has 3 aliphatic rings. The maximum atomic E-state index is 13.4. The molecule has 2 aromatic rings. The highest BCUT2D eigenvalue weighted by Gasteiger charge is 2.69. The van der Waals surface area contributed by atoms with Gasteiger partial charge in [0.1, 0.15) is 18.0 Å². The average molecular weight is 471 g/mol. The number of halogens is 1. The number of hydrogen-bond acceptors (Lipinski definition) is 4. The molecule has 1 aromatic carbocycles. The number of hydrogen-bond donors (Lipinski definition) is 3. The fourth-order valence-corrected chi connectivity index (χ4v) is 6.01. The summed E-state index contributed by atoms with van der Waals surface area (Å²) >= 11 is 6.26. The number of nitrogens with zero attached hydrogens (tertiary/aromatic N) is 1. The monoisotopic (exact) mass is 470 g/mol. The summed E-state index contributed by atoms with van der Waals surface area (Å²) in [6.07, 6.45) is 1.59. The van der Waals surface area contributed by atoms with Gasteiger partial charge in [-0.1, -0.05) is 31.5 Å². The van der Waals surface area contributed by atoms with E-state index in [2.05, 4.69) is 29.5 Å². The van der Waals surface area contributed by atoms with Gasteiger partial charge in [-0.3, -0.25) is 14.4 Å². The predicted molar refractivity (Wildman–Crippen MR) is 123 cm³/mol. The number of H-pyrrole nitrogens is 1. The van der Waals surface area contributed by atoms with Gasteiger partial charge in [-0.15, -0.1) is 0 Å². The van der Waals surface area contributed by atoms with E-state index in [0.29, 0.717) is 36.5 Å². The van der Waals surface area contributed by atoms with Crippen LogP contribution in [0.4, 0.5) is 0 Å². The van der Waals surface area contributed by atoms with E-state index in [-0.39, 0.29) is 47.3 Å². The zero-order chi connectivity index (χ0) is 23.5. The van der Waals surface area contributed by atoms with Crippen LogP contribution in [0.1, 0.15) is 37.2 Å². The van der Waals surface area contributed by atoms with Crippen molar-refractivity contribution in [1.29, 1.82) is 0 Å². The Hall–Kier alpha value is -2.87. The molecular weight excluding hydrogens is 444 g/mol. The zero-order valence-electron chi connectivity index (χ0n) is 18.6. The summed E-state index contributed by atoms with van der Waals surface area (Å²) in [4.78, 5) is 55.1. The molecule has 8 nitrogen and oxygen atoms in total. The van der Waals surface area contributed by atoms with E-state index in [9.17, 15) is 19.2 Å². The summed E-state index contributed by atoms with van der Waals surface area (Å²) in [6.45, 7) is 5.27. The van der Waals surface area contributed by atoms with Gasteiger partial charge in [0.15, 0.2) is 0 Å². The summed E-state index contributed by atoms with van der Waals surface area (Å²) in [5, 5.41) is 6.87. The Labute approximate surface area is 196 Å². The highest BCUT2D eigenvalue weighted by molar-refractivity contribution is 6.35. The van der Waals surface area contributed by atoms with Crippen molar-refractivity contribution < 1.29 is 19.2 Å². The van der Waals surface area contributed by atoms with Crippen molar-refractivity contribution in [2.24, 2.45) is 23.2 Å². The average Bonchev–Trinajstić information content (AvgIpc) is 3.30. The van der Waals surface area contributed by atoms with Crippen LogP contribution in [-0.2, 0) is 14.4 Å². The Morgan fingerprint density at radius 3 is 2.82 bits per heavy atom. The van der Waals surface area contributed by atoms with Crippen LogP contribution in [0.3, 0.4) is 0 Å². The maximum Gasteiger partial charge on any atom is 0.271 e. The van der Waals surface area contributed by atoms with Crippen LogP contribution >= 0.6 is 11.6 Å². The molecule has 9 heteroatoms. The lowest BCUT2D eigenvalue weighted by atomic mass is 9.97. The summed E-state index contributed by atoms with van der Waals surface area (Å²) in [7, 11) is 0. The normalized spacial score (nSPS) is 28.3. The quantitative estimate of drug-likeness (QED) is 0.561. The number of benzene rings is 1. The number of aromatic nitrogens is 1. The van der Waals surface area contributed by atoms with Crippen molar-refractivity contribution >= 4 is 46.5 Å². The molecule has 1 saturated carbocycles. The number of piperidine rings is 1. The molecule has 3 amide bonds. The van der Waals surface area contributed by atoms with Crippen molar-refractivity contribution in [2.75, 3.05) is 13.1 Å². The van der Waals surface area contributed by atoms with Crippen molar-refractivity contribution in [1.82, 2.24) is 20.5 Å². The molecule has 5 atom stereocenters. The smallest absolute Gasteiger partial charge is 0.271 e. The lowest BCUT2D eigenvalue weighted by Crippen LogP contribution is -2.52. The Morgan fingerprint density at radius 2 is 2.15 bits per heavy atom. The number of likely N-dealkylation sites (tertiary alicyclic amines) is 1. The summed E-state index contributed by atoms with van der Waals surface area (Å²) in [5.74, 6) is -0.732. The fraction of sp³-hybridized carbons (Fsp3) is 0.500. The van der Waals surface area contributed by atoms with Crippen LogP contribution in [0.25, 0.3) is 10.9 Å². The second-order valence-electron chi connectivity index (χ2n) is 10.0. The number of aromatic amines is 1. The van der Waals surface area contributed by atoms with E-state index in [1.54, 1.807) is 17.0 Å². The molecule has 0 bridgehead atoms. The molecule has 2 saturated heterocycles. The number of nitrogens with one attached hydrogen (secondary N) is 3. The van der Waals surface area contributed by atoms with Gasteiger partial charge in [0, 0.05) is 34.9 Å². The number of carbonyl (C=O) groups is 4. The predicted octanol–water partition coefficient (Wildman–Crippen LogP) is 2.13. The van der Waals surface area contributed by atoms with E-state index >= 15 is 0 Å². The molecule has 174 valence electrons. The first-order chi connectivity index (χ1) is 15.7. The Balaban J connectivity index is 1.37. The molecule has 1 aromatic heterocycles. The molecule has 0 radical (unpaired) electrons. The van der Waals surface area contributed by atoms with Crippen LogP contribution < -0.4 is 10.6 Å². The number of amides is 3. The minimum Gasteiger partial charge on any atom is -0.356 e. The maximum absolute atomic E-state index is 13.4. The highest BCUT2D eigenvalue weighted by atomic mass is 35.5. The van der Waals surface area contributed by atoms with E-state index in [1.165, 1.54) is 0 Å². The summed E-state index contributed by atoms with van der Waals surface area (Å²) in [6, 6.07) is 5.70. The molecule has 3 heterocycles. The minimum atomic E-state index is -0.768. The first-order valence-corrected chi connectivity index (χ1v) is 11.7. The Bertz CT molecular complexity index is 1160. The molecule has 33 heavy (non-hydrogen) atoms. The van der Waals surface area contributed by atoms with Crippen LogP contribution in [0.2, 0.25) is 5.02 Å². The van der Waals surface area contributed by atoms with Gasteiger partial charge >= 0.3 is 0 Å². The van der Waals surface area contributed by atoms with Crippen molar-refractivity contribution in [3.05, 3.63) is 35.0 Å². The third-order valence-corrected chi connectivity index (χ3v) is 8.10. The lowest BCUT2D eigenvalue weighted by Gasteiger charge is -2.30. The second kappa shape index (κ2) is 7.87. The van der Waals surface area contributed by atoms with Crippen molar-refractivity contribution in [3.8, 4) is 0 Å². The van der Waals surface area contributed by atoms with Crippen LogP contribution in [-0.4, -0.2) is 59.1 Å². The number of carbonyl (C=O) groups excluding carboxylic acids is 4. The Kier molecular flexibility index (Phi) is 5.23. The van der Waals surface area contributed by atoms with Gasteiger partial charge in [-0.05, 0) is 48.3 Å². The van der Waals surface area contributed by atoms with E-state index in [1.807, 2.05) is 12.1 Å². The fourth-order valence-electron chi connectivity index (χ4n) is 5.78. The third kappa shape index (κ3) is 3.60. The van der Waals surface area contributed by atoms with E-state index in [0.717, 1.165) is 10.9 Å². The van der Waals surface area contributed by atoms with Gasteiger partial charge in [-0.2, -0.15) is 0 Å². The number of rotatable bonds is 6. The number of aldehydes is 1. The first-order valence-electron chi connectivity index (χ1n) is 11.3. The molecular formula is C24H27ClN4O4. The topological polar surface area (TPSA) is 111 Å². The zero-order valence-corrected chi connectivity index (χ0v) is 19.3. The minimum absolute atomic E-state index is 0.0245. The van der Waals surface area contributed by atoms with Crippen molar-refractivity contribution in [2.45, 2.75) is 38.8 Å². The molecule has 0 unspecified atom stereocenters. The van der Waals surface area contributed by atoms with Crippen LogP contribution in [0.15, 0.2) is 24.3 Å². The van der Waals surface area contributed by atoms with Gasteiger partial charge in [0.05, 0.1) is 6.04 Å². The van der Waals surface area contributed by atoms with E-state index < -0.39 is 12.1 Å². The molecule has 0 spiro atoms. The van der Waals surface area contributed by atoms with Gasteiger partial charge in [0.2, 0.25) is 11.8 Å².